The van der Waals surface area contributed by atoms with Gasteiger partial charge in [-0.2, -0.15) is 0 Å². The van der Waals surface area contributed by atoms with Crippen molar-refractivity contribution in [1.82, 2.24) is 9.13 Å². The van der Waals surface area contributed by atoms with Crippen molar-refractivity contribution >= 4 is 113 Å². The third-order valence-electron chi connectivity index (χ3n) is 11.8. The first-order chi connectivity index (χ1) is 25.6. The van der Waals surface area contributed by atoms with Crippen LogP contribution in [0.4, 0.5) is 0 Å². The summed E-state index contributed by atoms with van der Waals surface area (Å²) in [6, 6.07) is 46.1. The van der Waals surface area contributed by atoms with Gasteiger partial charge in [0.05, 0.1) is 9.40 Å². The Kier molecular flexibility index (Phi) is 5.82. The third kappa shape index (κ3) is 3.83. The second-order valence-electron chi connectivity index (χ2n) is 14.5. The summed E-state index contributed by atoms with van der Waals surface area (Å²) in [6.45, 7) is 0. The Morgan fingerprint density at radius 2 is 0.981 bits per heavy atom. The summed E-state index contributed by atoms with van der Waals surface area (Å²) in [4.78, 5) is 0. The highest BCUT2D eigenvalue weighted by molar-refractivity contribution is 7.33. The SMILES string of the molecule is Cn1c2c(c3cc(-c4ccc5c(c4)sc4c6sc7cc(-c8ccc9c(c8)c8ccccc8n9C)ccc7c6c6ccccc6c54)ccc31)CCC=C2. The number of nitrogens with zero attached hydrogens (tertiary/aromatic N) is 2. The molecule has 0 saturated heterocycles. The van der Waals surface area contributed by atoms with Gasteiger partial charge in [-0.15, -0.1) is 22.7 Å². The molecule has 1 aliphatic rings. The normalized spacial score (nSPS) is 13.3. The van der Waals surface area contributed by atoms with E-state index < -0.39 is 0 Å². The van der Waals surface area contributed by atoms with E-state index in [0.717, 1.165) is 12.8 Å². The van der Waals surface area contributed by atoms with Crippen LogP contribution in [0.15, 0.2) is 127 Å². The summed E-state index contributed by atoms with van der Waals surface area (Å²) in [5.41, 5.74) is 11.8. The maximum absolute atomic E-state index is 2.44. The number of aromatic nitrogens is 2. The van der Waals surface area contributed by atoms with Gasteiger partial charge in [-0.05, 0) is 100.0 Å². The molecule has 0 saturated carbocycles. The zero-order chi connectivity index (χ0) is 34.2. The van der Waals surface area contributed by atoms with Crippen molar-refractivity contribution in [3.8, 4) is 22.3 Å². The summed E-state index contributed by atoms with van der Waals surface area (Å²) < 4.78 is 10.2. The van der Waals surface area contributed by atoms with Crippen molar-refractivity contribution in [2.45, 2.75) is 12.8 Å². The lowest BCUT2D eigenvalue weighted by atomic mass is 9.96. The monoisotopic (exact) mass is 700 g/mol. The second-order valence-corrected chi connectivity index (χ2v) is 16.6. The number of thiophene rings is 2. The zero-order valence-corrected chi connectivity index (χ0v) is 30.5. The largest absolute Gasteiger partial charge is 0.344 e. The van der Waals surface area contributed by atoms with Gasteiger partial charge in [-0.1, -0.05) is 84.9 Å². The molecule has 0 bridgehead atoms. The maximum Gasteiger partial charge on any atom is 0.0540 e. The van der Waals surface area contributed by atoms with Gasteiger partial charge in [-0.3, -0.25) is 0 Å². The fourth-order valence-electron chi connectivity index (χ4n) is 9.29. The van der Waals surface area contributed by atoms with E-state index in [9.17, 15) is 0 Å². The Labute approximate surface area is 308 Å². The van der Waals surface area contributed by atoms with Gasteiger partial charge in [0.15, 0.2) is 0 Å². The average Bonchev–Trinajstić information content (AvgIpc) is 3.93. The van der Waals surface area contributed by atoms with Crippen LogP contribution in [0.1, 0.15) is 17.7 Å². The highest BCUT2D eigenvalue weighted by Crippen LogP contribution is 2.50. The highest BCUT2D eigenvalue weighted by atomic mass is 32.1. The molecule has 4 heteroatoms. The molecule has 0 fully saturated rings. The van der Waals surface area contributed by atoms with E-state index in [1.54, 1.807) is 0 Å². The molecule has 0 N–H and O–H groups in total. The molecule has 0 unspecified atom stereocenters. The summed E-state index contributed by atoms with van der Waals surface area (Å²) in [6.07, 6.45) is 6.83. The molecule has 12 rings (SSSR count). The van der Waals surface area contributed by atoms with E-state index >= 15 is 0 Å². The van der Waals surface area contributed by atoms with Crippen LogP contribution < -0.4 is 0 Å². The van der Waals surface area contributed by atoms with Crippen molar-refractivity contribution in [2.75, 3.05) is 0 Å². The first-order valence-corrected chi connectivity index (χ1v) is 19.7. The van der Waals surface area contributed by atoms with Crippen LogP contribution in [0.3, 0.4) is 0 Å². The van der Waals surface area contributed by atoms with E-state index in [1.165, 1.54) is 117 Å². The lowest BCUT2D eigenvalue weighted by molar-refractivity contribution is 0.908. The van der Waals surface area contributed by atoms with Gasteiger partial charge in [-0.25, -0.2) is 0 Å². The first kappa shape index (κ1) is 29.0. The van der Waals surface area contributed by atoms with Crippen molar-refractivity contribution < 1.29 is 0 Å². The molecule has 4 aromatic heterocycles. The van der Waals surface area contributed by atoms with E-state index in [4.69, 9.17) is 0 Å². The Bertz CT molecular complexity index is 3380. The predicted octanol–water partition coefficient (Wildman–Crippen LogP) is 14.0. The van der Waals surface area contributed by atoms with E-state index in [-0.39, 0.29) is 0 Å². The molecule has 2 nitrogen and oxygen atoms in total. The van der Waals surface area contributed by atoms with Gasteiger partial charge in [0.2, 0.25) is 0 Å². The van der Waals surface area contributed by atoms with Crippen molar-refractivity contribution in [3.05, 3.63) is 139 Å². The van der Waals surface area contributed by atoms with Crippen LogP contribution in [0.2, 0.25) is 0 Å². The molecule has 11 aromatic rings. The molecule has 1 aliphatic carbocycles. The third-order valence-corrected chi connectivity index (χ3v) is 14.3. The standard InChI is InChI=1S/C48H32N2S2/c1-49-39-13-7-5-9-31(39)37-23-27(17-21-41(37)49)29-15-19-35-43(25-29)51-47-45(35)33-11-3-4-12-34(33)46-36-20-16-30(26-44(36)52-48(46)47)28-18-22-42-38(24-28)32-10-6-8-14-40(32)50(42)2/h3-5,7-9,11-26H,6,10H2,1-2H3. The molecule has 0 atom stereocenters. The van der Waals surface area contributed by atoms with Crippen molar-refractivity contribution in [2.24, 2.45) is 14.1 Å². The number of hydrogen-bond donors (Lipinski definition) is 0. The number of para-hydroxylation sites is 1. The van der Waals surface area contributed by atoms with E-state index in [1.807, 2.05) is 22.7 Å². The molecule has 0 radical (unpaired) electrons. The highest BCUT2D eigenvalue weighted by Gasteiger charge is 2.20. The fourth-order valence-corrected chi connectivity index (χ4v) is 11.9. The maximum atomic E-state index is 2.44. The number of benzene rings is 7. The van der Waals surface area contributed by atoms with Gasteiger partial charge in [0, 0.05) is 83.4 Å². The molecule has 0 amide bonds. The zero-order valence-electron chi connectivity index (χ0n) is 28.8. The van der Waals surface area contributed by atoms with Crippen LogP contribution in [0.25, 0.3) is 112 Å². The molecule has 246 valence electrons. The number of fused-ring (bicyclic) bond motifs is 16. The summed E-state index contributed by atoms with van der Waals surface area (Å²) in [7, 11) is 4.37. The number of allylic oxidation sites excluding steroid dienone is 1. The number of aryl methyl sites for hydroxylation is 3. The Morgan fingerprint density at radius 1 is 0.462 bits per heavy atom. The topological polar surface area (TPSA) is 9.86 Å². The van der Waals surface area contributed by atoms with Crippen LogP contribution >= 0.6 is 22.7 Å². The average molecular weight is 701 g/mol. The van der Waals surface area contributed by atoms with Gasteiger partial charge < -0.3 is 9.13 Å². The summed E-state index contributed by atoms with van der Waals surface area (Å²) >= 11 is 3.92. The van der Waals surface area contributed by atoms with Crippen LogP contribution in [-0.2, 0) is 20.5 Å². The smallest absolute Gasteiger partial charge is 0.0540 e. The molecule has 0 aliphatic heterocycles. The van der Waals surface area contributed by atoms with Crippen LogP contribution in [0, 0.1) is 0 Å². The number of rotatable bonds is 2. The lowest BCUT2D eigenvalue weighted by Gasteiger charge is -2.07. The minimum absolute atomic E-state index is 1.11. The summed E-state index contributed by atoms with van der Waals surface area (Å²) in [5, 5.41) is 12.2. The Morgan fingerprint density at radius 3 is 1.63 bits per heavy atom. The molecule has 52 heavy (non-hydrogen) atoms. The van der Waals surface area contributed by atoms with Gasteiger partial charge >= 0.3 is 0 Å². The quantitative estimate of drug-likeness (QED) is 0.170. The Hall–Kier alpha value is -5.68. The Balaban J connectivity index is 1.05. The number of hydrogen-bond acceptors (Lipinski definition) is 2. The van der Waals surface area contributed by atoms with Crippen molar-refractivity contribution in [1.29, 1.82) is 0 Å². The fraction of sp³-hybridized carbons (Fsp3) is 0.0833. The molecule has 7 aromatic carbocycles. The first-order valence-electron chi connectivity index (χ1n) is 18.1. The van der Waals surface area contributed by atoms with Gasteiger partial charge in [0.1, 0.15) is 0 Å². The van der Waals surface area contributed by atoms with Crippen molar-refractivity contribution in [3.63, 3.8) is 0 Å². The van der Waals surface area contributed by atoms with E-state index in [2.05, 4.69) is 157 Å². The minimum Gasteiger partial charge on any atom is -0.344 e. The minimum atomic E-state index is 1.11. The molecule has 0 spiro atoms. The molecular formula is C48H32N2S2. The van der Waals surface area contributed by atoms with Crippen LogP contribution in [-0.4, -0.2) is 9.13 Å². The molecule has 4 heterocycles. The van der Waals surface area contributed by atoms with Gasteiger partial charge in [0.25, 0.3) is 0 Å². The summed E-state index contributed by atoms with van der Waals surface area (Å²) in [5.74, 6) is 0. The molecular weight excluding hydrogens is 669 g/mol. The van der Waals surface area contributed by atoms with Crippen LogP contribution in [0.5, 0.6) is 0 Å². The lowest BCUT2D eigenvalue weighted by Crippen LogP contribution is -1.96. The second kappa shape index (κ2) is 10.4. The van der Waals surface area contributed by atoms with E-state index in [0.29, 0.717) is 0 Å². The predicted molar refractivity (Wildman–Crippen MR) is 228 cm³/mol.